The molecule has 0 aliphatic carbocycles. The first kappa shape index (κ1) is 12.9. The summed E-state index contributed by atoms with van der Waals surface area (Å²) >= 11 is 0. The monoisotopic (exact) mass is 257 g/mol. The zero-order valence-corrected chi connectivity index (χ0v) is 10.1. The molecule has 0 unspecified atom stereocenters. The highest BCUT2D eigenvalue weighted by atomic mass is 19.1. The number of aromatic nitrogens is 1. The van der Waals surface area contributed by atoms with Crippen LogP contribution in [0.15, 0.2) is 42.6 Å². The molecule has 1 aromatic heterocycles. The fourth-order valence-corrected chi connectivity index (χ4v) is 1.65. The van der Waals surface area contributed by atoms with Crippen molar-refractivity contribution < 1.29 is 9.18 Å². The second-order valence-corrected chi connectivity index (χ2v) is 3.88. The molecule has 0 aliphatic heterocycles. The van der Waals surface area contributed by atoms with Crippen molar-refractivity contribution in [3.63, 3.8) is 0 Å². The lowest BCUT2D eigenvalue weighted by Crippen LogP contribution is -2.10. The van der Waals surface area contributed by atoms with Crippen molar-refractivity contribution in [2.24, 2.45) is 0 Å². The lowest BCUT2D eigenvalue weighted by molar-refractivity contribution is -0.102. The van der Waals surface area contributed by atoms with Gasteiger partial charge in [0.1, 0.15) is 17.3 Å². The molecule has 1 aromatic carbocycles. The van der Waals surface area contributed by atoms with Gasteiger partial charge in [0.25, 0.3) is 0 Å². The number of nitrogens with zero attached hydrogens (tertiary/aromatic N) is 1. The third-order valence-corrected chi connectivity index (χ3v) is 2.62. The zero-order chi connectivity index (χ0) is 13.7. The minimum atomic E-state index is -0.307. The molecule has 2 rings (SSSR count). The Morgan fingerprint density at radius 3 is 2.84 bits per heavy atom. The van der Waals surface area contributed by atoms with Gasteiger partial charge in [-0.25, -0.2) is 9.37 Å². The average molecular weight is 257 g/mol. The van der Waals surface area contributed by atoms with Crippen molar-refractivity contribution in [1.82, 2.24) is 4.98 Å². The van der Waals surface area contributed by atoms with Crippen molar-refractivity contribution in [1.29, 1.82) is 5.41 Å². The van der Waals surface area contributed by atoms with Gasteiger partial charge >= 0.3 is 0 Å². The van der Waals surface area contributed by atoms with E-state index in [2.05, 4.69) is 10.3 Å². The van der Waals surface area contributed by atoms with Crippen LogP contribution in [0.3, 0.4) is 0 Å². The third-order valence-electron chi connectivity index (χ3n) is 2.62. The lowest BCUT2D eigenvalue weighted by atomic mass is 10.1. The fraction of sp³-hybridized carbons (Fsp3) is 0.0714. The van der Waals surface area contributed by atoms with Crippen LogP contribution in [-0.2, 0) is 11.3 Å². The molecular weight excluding hydrogens is 245 g/mol. The van der Waals surface area contributed by atoms with Crippen LogP contribution >= 0.6 is 0 Å². The molecule has 19 heavy (non-hydrogen) atoms. The summed E-state index contributed by atoms with van der Waals surface area (Å²) in [6.45, 7) is 0.239. The van der Waals surface area contributed by atoms with E-state index in [9.17, 15) is 9.18 Å². The SMILES string of the molecule is N=C(C=O)c1cccnc1NCc1ccccc1F. The van der Waals surface area contributed by atoms with E-state index in [0.717, 1.165) is 0 Å². The zero-order valence-electron chi connectivity index (χ0n) is 10.1. The van der Waals surface area contributed by atoms with E-state index < -0.39 is 0 Å². The molecule has 0 saturated carbocycles. The van der Waals surface area contributed by atoms with E-state index in [-0.39, 0.29) is 18.1 Å². The summed E-state index contributed by atoms with van der Waals surface area (Å²) < 4.78 is 13.5. The second-order valence-electron chi connectivity index (χ2n) is 3.88. The number of benzene rings is 1. The van der Waals surface area contributed by atoms with Gasteiger partial charge in [0, 0.05) is 23.9 Å². The first-order chi connectivity index (χ1) is 9.22. The van der Waals surface area contributed by atoms with Crippen LogP contribution < -0.4 is 5.32 Å². The maximum absolute atomic E-state index is 13.5. The molecule has 4 nitrogen and oxygen atoms in total. The van der Waals surface area contributed by atoms with Gasteiger partial charge in [-0.2, -0.15) is 0 Å². The second kappa shape index (κ2) is 5.86. The molecule has 0 aliphatic rings. The van der Waals surface area contributed by atoms with Gasteiger partial charge < -0.3 is 5.32 Å². The van der Waals surface area contributed by atoms with Crippen molar-refractivity contribution in [3.05, 3.63) is 59.5 Å². The third kappa shape index (κ3) is 3.01. The number of carbonyl (C=O) groups is 1. The minimum absolute atomic E-state index is 0.163. The summed E-state index contributed by atoms with van der Waals surface area (Å²) in [5.41, 5.74) is 0.731. The standard InChI is InChI=1S/C14H12FN3O/c15-12-6-2-1-4-10(12)8-18-14-11(13(16)9-19)5-3-7-17-14/h1-7,9,16H,8H2,(H,17,18). The van der Waals surface area contributed by atoms with Crippen LogP contribution in [0.2, 0.25) is 0 Å². The molecule has 5 heteroatoms. The Morgan fingerprint density at radius 2 is 2.11 bits per heavy atom. The van der Waals surface area contributed by atoms with Crippen molar-refractivity contribution in [2.75, 3.05) is 5.32 Å². The first-order valence-electron chi connectivity index (χ1n) is 5.68. The molecule has 2 N–H and O–H groups in total. The van der Waals surface area contributed by atoms with Crippen LogP contribution in [0.25, 0.3) is 0 Å². The number of rotatable bonds is 5. The van der Waals surface area contributed by atoms with E-state index in [0.29, 0.717) is 23.2 Å². The minimum Gasteiger partial charge on any atom is -0.365 e. The smallest absolute Gasteiger partial charge is 0.168 e. The summed E-state index contributed by atoms with van der Waals surface area (Å²) in [5.74, 6) is 0.0841. The Labute approximate surface area is 109 Å². The quantitative estimate of drug-likeness (QED) is 0.638. The Bertz CT molecular complexity index is 613. The molecule has 0 atom stereocenters. The maximum Gasteiger partial charge on any atom is 0.168 e. The number of halogens is 1. The molecule has 0 radical (unpaired) electrons. The number of hydrogen-bond acceptors (Lipinski definition) is 4. The number of aldehydes is 1. The molecule has 0 amide bonds. The molecule has 0 fully saturated rings. The summed E-state index contributed by atoms with van der Waals surface area (Å²) in [4.78, 5) is 14.7. The van der Waals surface area contributed by atoms with Gasteiger partial charge in [-0.05, 0) is 18.2 Å². The predicted octanol–water partition coefficient (Wildman–Crippen LogP) is 2.40. The Balaban J connectivity index is 2.18. The average Bonchev–Trinajstić information content (AvgIpc) is 2.46. The number of pyridine rings is 1. The number of hydrogen-bond donors (Lipinski definition) is 2. The van der Waals surface area contributed by atoms with Gasteiger partial charge in [0.15, 0.2) is 6.29 Å². The van der Waals surface area contributed by atoms with Crippen LogP contribution in [0.1, 0.15) is 11.1 Å². The molecule has 1 heterocycles. The van der Waals surface area contributed by atoms with Gasteiger partial charge in [-0.1, -0.05) is 18.2 Å². The van der Waals surface area contributed by atoms with E-state index in [1.54, 1.807) is 36.5 Å². The largest absolute Gasteiger partial charge is 0.365 e. The van der Waals surface area contributed by atoms with Crippen LogP contribution in [0.5, 0.6) is 0 Å². The van der Waals surface area contributed by atoms with Gasteiger partial charge in [-0.3, -0.25) is 10.2 Å². The highest BCUT2D eigenvalue weighted by Crippen LogP contribution is 2.14. The molecular formula is C14H12FN3O. The molecule has 0 bridgehead atoms. The molecule has 96 valence electrons. The highest BCUT2D eigenvalue weighted by molar-refractivity contribution is 6.36. The van der Waals surface area contributed by atoms with E-state index in [1.165, 1.54) is 6.07 Å². The summed E-state index contributed by atoms with van der Waals surface area (Å²) in [7, 11) is 0. The maximum atomic E-state index is 13.5. The van der Waals surface area contributed by atoms with Crippen molar-refractivity contribution in [2.45, 2.75) is 6.54 Å². The fourth-order valence-electron chi connectivity index (χ4n) is 1.65. The highest BCUT2D eigenvalue weighted by Gasteiger charge is 2.08. The van der Waals surface area contributed by atoms with E-state index >= 15 is 0 Å². The van der Waals surface area contributed by atoms with Gasteiger partial charge in [0.05, 0.1) is 0 Å². The van der Waals surface area contributed by atoms with Crippen LogP contribution in [0.4, 0.5) is 10.2 Å². The topological polar surface area (TPSA) is 65.8 Å². The van der Waals surface area contributed by atoms with Gasteiger partial charge in [-0.15, -0.1) is 0 Å². The van der Waals surface area contributed by atoms with E-state index in [1.807, 2.05) is 0 Å². The van der Waals surface area contributed by atoms with E-state index in [4.69, 9.17) is 5.41 Å². The number of anilines is 1. The Morgan fingerprint density at radius 1 is 1.32 bits per heavy atom. The van der Waals surface area contributed by atoms with Crippen molar-refractivity contribution >= 4 is 17.8 Å². The normalized spacial score (nSPS) is 9.95. The van der Waals surface area contributed by atoms with Crippen LogP contribution in [0, 0.1) is 11.2 Å². The number of nitrogens with one attached hydrogen (secondary N) is 2. The summed E-state index contributed by atoms with van der Waals surface area (Å²) in [6, 6.07) is 9.66. The predicted molar refractivity (Wildman–Crippen MR) is 70.9 cm³/mol. The summed E-state index contributed by atoms with van der Waals surface area (Å²) in [6.07, 6.45) is 2.00. The Kier molecular flexibility index (Phi) is 3.97. The van der Waals surface area contributed by atoms with Gasteiger partial charge in [0.2, 0.25) is 0 Å². The first-order valence-corrected chi connectivity index (χ1v) is 5.68. The lowest BCUT2D eigenvalue weighted by Gasteiger charge is -2.09. The molecule has 0 spiro atoms. The molecule has 2 aromatic rings. The van der Waals surface area contributed by atoms with Crippen LogP contribution in [-0.4, -0.2) is 17.0 Å². The number of carbonyl (C=O) groups excluding carboxylic acids is 1. The Hall–Kier alpha value is -2.56. The van der Waals surface area contributed by atoms with Crippen molar-refractivity contribution in [3.8, 4) is 0 Å². The molecule has 0 saturated heterocycles. The summed E-state index contributed by atoms with van der Waals surface area (Å²) in [5, 5.41) is 10.5.